The van der Waals surface area contributed by atoms with Crippen molar-refractivity contribution in [1.82, 2.24) is 19.9 Å². The molecule has 4 atom stereocenters. The fourth-order valence-electron chi connectivity index (χ4n) is 8.55. The molecule has 6 aliphatic rings. The average molecular weight is 834 g/mol. The van der Waals surface area contributed by atoms with Crippen molar-refractivity contribution in [1.29, 1.82) is 0 Å². The maximum atomic E-state index is 13.1. The van der Waals surface area contributed by atoms with Crippen molar-refractivity contribution in [2.45, 2.75) is 75.7 Å². The Hall–Kier alpha value is -6.24. The lowest BCUT2D eigenvalue weighted by Crippen LogP contribution is -2.48. The second-order valence-corrected chi connectivity index (χ2v) is 15.7. The van der Waals surface area contributed by atoms with Gasteiger partial charge in [-0.1, -0.05) is 12.1 Å². The van der Waals surface area contributed by atoms with Crippen molar-refractivity contribution < 1.29 is 33.8 Å². The van der Waals surface area contributed by atoms with Gasteiger partial charge < -0.3 is 30.1 Å². The maximum absolute atomic E-state index is 13.1. The number of aromatic carboxylic acids is 1. The zero-order valence-electron chi connectivity index (χ0n) is 33.9. The Kier molecular flexibility index (Phi) is 12.9. The average Bonchev–Trinajstić information content (AvgIpc) is 4.14. The molecule has 4 saturated heterocycles. The summed E-state index contributed by atoms with van der Waals surface area (Å²) in [6.07, 6.45) is 11.0. The van der Waals surface area contributed by atoms with Crippen molar-refractivity contribution in [2.75, 3.05) is 76.2 Å². The van der Waals surface area contributed by atoms with Crippen LogP contribution in [0.5, 0.6) is 0 Å². The number of pyridine rings is 4. The Morgan fingerprint density at radius 3 is 1.67 bits per heavy atom. The Labute approximate surface area is 353 Å². The van der Waals surface area contributed by atoms with Gasteiger partial charge in [-0.05, 0) is 93.5 Å². The summed E-state index contributed by atoms with van der Waals surface area (Å²) < 4.78 is 10.8. The van der Waals surface area contributed by atoms with Crippen LogP contribution in [-0.2, 0) is 9.47 Å². The van der Waals surface area contributed by atoms with Crippen LogP contribution < -0.4 is 36.0 Å². The van der Waals surface area contributed by atoms with E-state index in [2.05, 4.69) is 40.4 Å². The lowest BCUT2D eigenvalue weighted by atomic mass is 10.1. The number of ether oxygens (including phenoxy) is 2. The fourth-order valence-corrected chi connectivity index (χ4v) is 8.55. The lowest BCUT2D eigenvalue weighted by molar-refractivity contribution is 0.0690. The van der Waals surface area contributed by atoms with E-state index in [1.165, 1.54) is 12.5 Å². The summed E-state index contributed by atoms with van der Waals surface area (Å²) in [4.78, 5) is 74.6. The molecule has 61 heavy (non-hydrogen) atoms. The number of amides is 4. The predicted molar refractivity (Wildman–Crippen MR) is 229 cm³/mol. The van der Waals surface area contributed by atoms with E-state index >= 15 is 0 Å². The van der Waals surface area contributed by atoms with E-state index in [0.717, 1.165) is 89.3 Å². The number of anilines is 6. The van der Waals surface area contributed by atoms with Crippen LogP contribution in [0.3, 0.4) is 0 Å². The number of hydrogen-bond donors (Lipinski definition) is 4. The van der Waals surface area contributed by atoms with Crippen LogP contribution in [0.2, 0.25) is 0 Å². The molecule has 0 spiro atoms. The van der Waals surface area contributed by atoms with Crippen LogP contribution >= 0.6 is 0 Å². The Morgan fingerprint density at radius 2 is 1.21 bits per heavy atom. The molecule has 4 aromatic heterocycles. The third-order valence-corrected chi connectivity index (χ3v) is 11.7. The summed E-state index contributed by atoms with van der Waals surface area (Å²) in [6, 6.07) is 16.9. The van der Waals surface area contributed by atoms with Crippen molar-refractivity contribution in [3.8, 4) is 0 Å². The van der Waals surface area contributed by atoms with Gasteiger partial charge in [0.2, 0.25) is 0 Å². The SMILES string of the molecule is NC[C@H]1CCCO1.O=C(CC[C@H]1CCCO1)c1ccc2c(n1)N(C(=O)Nc1ccccn1)[C@H]1CCN2C1.O=C(O)c1ccc2c(n1)N(C(=O)Nc1ccccn1)[C@H]1CCN2C1. The molecule has 4 aromatic rings. The molecular weight excluding hydrogens is 783 g/mol. The zero-order valence-corrected chi connectivity index (χ0v) is 33.9. The molecule has 10 rings (SSSR count). The highest BCUT2D eigenvalue weighted by atomic mass is 16.5. The van der Waals surface area contributed by atoms with Crippen LogP contribution in [0.1, 0.15) is 72.3 Å². The van der Waals surface area contributed by atoms with E-state index in [-0.39, 0.29) is 41.7 Å². The summed E-state index contributed by atoms with van der Waals surface area (Å²) in [6.45, 7) is 5.58. The number of carbonyl (C=O) groups excluding carboxylic acids is 3. The van der Waals surface area contributed by atoms with Crippen LogP contribution in [0.25, 0.3) is 0 Å². The minimum Gasteiger partial charge on any atom is -0.477 e. The Morgan fingerprint density at radius 1 is 0.689 bits per heavy atom. The number of nitrogens with two attached hydrogens (primary N) is 1. The summed E-state index contributed by atoms with van der Waals surface area (Å²) in [5.41, 5.74) is 7.32. The molecule has 18 heteroatoms. The molecule has 0 aliphatic carbocycles. The fraction of sp³-hybridized carbons (Fsp3) is 0.442. The molecule has 0 aromatic carbocycles. The van der Waals surface area contributed by atoms with E-state index < -0.39 is 5.97 Å². The zero-order chi connectivity index (χ0) is 42.3. The van der Waals surface area contributed by atoms with E-state index in [1.54, 1.807) is 64.7 Å². The second kappa shape index (κ2) is 19.0. The number of carboxylic acids is 1. The summed E-state index contributed by atoms with van der Waals surface area (Å²) >= 11 is 0. The topological polar surface area (TPSA) is 222 Å². The number of urea groups is 2. The van der Waals surface area contributed by atoms with Gasteiger partial charge in [0.15, 0.2) is 23.1 Å². The van der Waals surface area contributed by atoms with Gasteiger partial charge in [-0.2, -0.15) is 0 Å². The molecule has 4 fully saturated rings. The van der Waals surface area contributed by atoms with Crippen LogP contribution in [0.15, 0.2) is 73.1 Å². The Bertz CT molecular complexity index is 2190. The molecule has 4 bridgehead atoms. The van der Waals surface area contributed by atoms with Crippen molar-refractivity contribution in [2.24, 2.45) is 5.73 Å². The normalized spacial score (nSPS) is 21.7. The van der Waals surface area contributed by atoms with Crippen molar-refractivity contribution in [3.63, 3.8) is 0 Å². The minimum absolute atomic E-state index is 0.00805. The first-order chi connectivity index (χ1) is 29.7. The van der Waals surface area contributed by atoms with E-state index in [1.807, 2.05) is 12.1 Å². The summed E-state index contributed by atoms with van der Waals surface area (Å²) in [5.74, 6) is 0.756. The second-order valence-electron chi connectivity index (χ2n) is 15.7. The standard InChI is InChI=1S/C22H25N5O3.C16H15N5O3.C5H11NO/c28-19(9-6-16-4-3-13-30-16)17-7-8-18-21(24-17)27(15-10-12-26(18)14-15)22(29)25-20-5-1-2-11-23-20;22-15(23)11-4-5-12-14(18-11)21(10-6-8-20(12)9-10)16(24)19-13-3-1-2-7-17-13;6-4-5-2-1-3-7-5/h1-2,5,7-8,11,15-16H,3-4,6,9-10,12-14H2,(H,23,25,29);1-5,7,10H,6,8-9H2,(H,22,23)(H,17,19,24);5H,1-4,6H2/t15-,16+;10-;5-/m001/s1. The first-order valence-electron chi connectivity index (χ1n) is 21.0. The monoisotopic (exact) mass is 833 g/mol. The summed E-state index contributed by atoms with van der Waals surface area (Å²) in [7, 11) is 0. The van der Waals surface area contributed by atoms with E-state index in [0.29, 0.717) is 48.0 Å². The molecule has 320 valence electrons. The molecule has 4 amide bonds. The largest absolute Gasteiger partial charge is 0.477 e. The quantitative estimate of drug-likeness (QED) is 0.168. The molecule has 18 nitrogen and oxygen atoms in total. The third kappa shape index (κ3) is 9.56. The third-order valence-electron chi connectivity index (χ3n) is 11.7. The summed E-state index contributed by atoms with van der Waals surface area (Å²) in [5, 5.41) is 14.8. The first kappa shape index (κ1) is 41.5. The van der Waals surface area contributed by atoms with Gasteiger partial charge >= 0.3 is 18.0 Å². The van der Waals surface area contributed by atoms with Crippen LogP contribution in [-0.4, -0.2) is 119 Å². The van der Waals surface area contributed by atoms with Gasteiger partial charge in [-0.3, -0.25) is 25.2 Å². The van der Waals surface area contributed by atoms with Crippen LogP contribution in [0, 0.1) is 0 Å². The number of aromatic nitrogens is 4. The minimum atomic E-state index is -1.11. The number of carbonyl (C=O) groups is 4. The highest BCUT2D eigenvalue weighted by Gasteiger charge is 2.42. The molecule has 0 radical (unpaired) electrons. The number of fused-ring (bicyclic) bond motifs is 8. The predicted octanol–water partition coefficient (Wildman–Crippen LogP) is 5.18. The van der Waals surface area contributed by atoms with E-state index in [9.17, 15) is 24.3 Å². The number of rotatable bonds is 8. The number of nitrogens with one attached hydrogen (secondary N) is 2. The van der Waals surface area contributed by atoms with Crippen molar-refractivity contribution >= 4 is 58.5 Å². The highest BCUT2D eigenvalue weighted by molar-refractivity contribution is 6.06. The number of Topliss-reactive ketones (excluding diaryl/α,β-unsaturated/α-hetero) is 1. The van der Waals surface area contributed by atoms with Gasteiger partial charge in [-0.25, -0.2) is 34.3 Å². The van der Waals surface area contributed by atoms with Crippen LogP contribution in [0.4, 0.5) is 44.2 Å². The number of hydrogen-bond acceptors (Lipinski definition) is 13. The molecule has 0 saturated carbocycles. The molecule has 0 unspecified atom stereocenters. The van der Waals surface area contributed by atoms with Gasteiger partial charge in [-0.15, -0.1) is 0 Å². The number of carboxylic acid groups (broad SMARTS) is 1. The Balaban J connectivity index is 0.000000148. The van der Waals surface area contributed by atoms with Gasteiger partial charge in [0.05, 0.1) is 35.7 Å². The lowest BCUT2D eigenvalue weighted by Gasteiger charge is -2.35. The van der Waals surface area contributed by atoms with Crippen molar-refractivity contribution in [3.05, 3.63) is 84.4 Å². The molecule has 10 heterocycles. The van der Waals surface area contributed by atoms with Gasteiger partial charge in [0.1, 0.15) is 17.3 Å². The van der Waals surface area contributed by atoms with E-state index in [4.69, 9.17) is 15.2 Å². The first-order valence-corrected chi connectivity index (χ1v) is 21.0. The smallest absolute Gasteiger partial charge is 0.354 e. The molecule has 5 N–H and O–H groups in total. The highest BCUT2D eigenvalue weighted by Crippen LogP contribution is 2.40. The molecule has 6 aliphatic heterocycles. The molecular formula is C43H51N11O7. The van der Waals surface area contributed by atoms with Gasteiger partial charge in [0.25, 0.3) is 0 Å². The maximum Gasteiger partial charge on any atom is 0.354 e. The van der Waals surface area contributed by atoms with Gasteiger partial charge in [0, 0.05) is 64.8 Å². The number of ketones is 1. The number of nitrogens with zero attached hydrogens (tertiary/aromatic N) is 8.